The predicted octanol–water partition coefficient (Wildman–Crippen LogP) is 2.13. The molecule has 22 heavy (non-hydrogen) atoms. The van der Waals surface area contributed by atoms with Crippen molar-refractivity contribution in [2.45, 2.75) is 63.7 Å². The van der Waals surface area contributed by atoms with E-state index in [0.29, 0.717) is 19.0 Å². The summed E-state index contributed by atoms with van der Waals surface area (Å²) in [5, 5.41) is 9.57. The molecule has 1 aliphatic rings. The molecule has 0 aliphatic heterocycles. The molecule has 0 aromatic heterocycles. The Morgan fingerprint density at radius 2 is 1.95 bits per heavy atom. The summed E-state index contributed by atoms with van der Waals surface area (Å²) >= 11 is 1.81. The molecular weight excluding hydrogens is 296 g/mol. The fourth-order valence-electron chi connectivity index (χ4n) is 2.34. The summed E-state index contributed by atoms with van der Waals surface area (Å²) in [4.78, 5) is 16.5. The van der Waals surface area contributed by atoms with Gasteiger partial charge in [-0.05, 0) is 39.9 Å². The molecule has 1 aliphatic carbocycles. The van der Waals surface area contributed by atoms with Crippen LogP contribution in [-0.4, -0.2) is 48.5 Å². The normalized spacial score (nSPS) is 16.6. The molecule has 0 radical (unpaired) electrons. The maximum Gasteiger partial charge on any atom is 0.221 e. The third-order valence-corrected chi connectivity index (χ3v) is 5.11. The van der Waals surface area contributed by atoms with E-state index >= 15 is 0 Å². The average molecular weight is 329 g/mol. The highest BCUT2D eigenvalue weighted by Gasteiger charge is 2.17. The molecule has 0 aromatic carbocycles. The van der Waals surface area contributed by atoms with Gasteiger partial charge in [0, 0.05) is 30.3 Å². The molecule has 0 aromatic rings. The van der Waals surface area contributed by atoms with Gasteiger partial charge < -0.3 is 16.0 Å². The summed E-state index contributed by atoms with van der Waals surface area (Å²) in [7, 11) is 0. The number of nitrogens with zero attached hydrogens (tertiary/aromatic N) is 1. The molecule has 3 N–H and O–H groups in total. The number of thioether (sulfide) groups is 1. The Labute approximate surface area is 139 Å². The molecule has 1 amide bonds. The van der Waals surface area contributed by atoms with Crippen LogP contribution in [0.25, 0.3) is 0 Å². The zero-order chi connectivity index (χ0) is 16.4. The fourth-order valence-corrected chi connectivity index (χ4v) is 2.53. The smallest absolute Gasteiger partial charge is 0.221 e. The van der Waals surface area contributed by atoms with Crippen molar-refractivity contribution >= 4 is 23.6 Å². The van der Waals surface area contributed by atoms with Gasteiger partial charge in [0.15, 0.2) is 5.96 Å². The molecule has 5 nitrogen and oxygen atoms in total. The van der Waals surface area contributed by atoms with Gasteiger partial charge in [0.25, 0.3) is 0 Å². The first-order chi connectivity index (χ1) is 10.5. The Morgan fingerprint density at radius 1 is 1.27 bits per heavy atom. The number of nitrogens with one attached hydrogen (secondary N) is 3. The number of rotatable bonds is 8. The topological polar surface area (TPSA) is 65.5 Å². The van der Waals surface area contributed by atoms with Crippen molar-refractivity contribution in [1.29, 1.82) is 0 Å². The number of guanidine groups is 1. The highest BCUT2D eigenvalue weighted by atomic mass is 32.2. The van der Waals surface area contributed by atoms with Crippen LogP contribution in [0.4, 0.5) is 0 Å². The molecule has 0 unspecified atom stereocenters. The van der Waals surface area contributed by atoms with Gasteiger partial charge in [-0.3, -0.25) is 9.79 Å². The van der Waals surface area contributed by atoms with E-state index in [0.717, 1.165) is 31.9 Å². The minimum Gasteiger partial charge on any atom is -0.357 e. The van der Waals surface area contributed by atoms with Crippen LogP contribution < -0.4 is 16.0 Å². The van der Waals surface area contributed by atoms with Crippen LogP contribution in [0.1, 0.15) is 52.9 Å². The van der Waals surface area contributed by atoms with Gasteiger partial charge in [0.05, 0.1) is 6.54 Å². The van der Waals surface area contributed by atoms with Crippen molar-refractivity contribution in [2.24, 2.45) is 4.99 Å². The third kappa shape index (κ3) is 7.92. The van der Waals surface area contributed by atoms with Gasteiger partial charge in [-0.15, -0.1) is 0 Å². The summed E-state index contributed by atoms with van der Waals surface area (Å²) in [6.45, 7) is 8.59. The Morgan fingerprint density at radius 3 is 2.55 bits per heavy atom. The van der Waals surface area contributed by atoms with Crippen molar-refractivity contribution in [1.82, 2.24) is 16.0 Å². The fraction of sp³-hybridized carbons (Fsp3) is 0.875. The SMILES string of the molecule is CCNC(=NCC(C)(C)SC)NCCC(=O)NC1CCCC1. The van der Waals surface area contributed by atoms with Gasteiger partial charge in [-0.25, -0.2) is 0 Å². The molecular formula is C16H32N4OS. The summed E-state index contributed by atoms with van der Waals surface area (Å²) in [5.74, 6) is 0.929. The molecule has 0 bridgehead atoms. The monoisotopic (exact) mass is 328 g/mol. The zero-order valence-corrected chi connectivity index (χ0v) is 15.3. The molecule has 0 atom stereocenters. The molecule has 0 heterocycles. The van der Waals surface area contributed by atoms with E-state index in [2.05, 4.69) is 41.0 Å². The number of aliphatic imine (C=N–C) groups is 1. The lowest BCUT2D eigenvalue weighted by atomic mass is 10.2. The van der Waals surface area contributed by atoms with Gasteiger partial charge in [0.1, 0.15) is 0 Å². The second-order valence-corrected chi connectivity index (χ2v) is 7.90. The van der Waals surface area contributed by atoms with E-state index in [1.165, 1.54) is 12.8 Å². The van der Waals surface area contributed by atoms with E-state index < -0.39 is 0 Å². The lowest BCUT2D eigenvalue weighted by molar-refractivity contribution is -0.121. The van der Waals surface area contributed by atoms with Gasteiger partial charge >= 0.3 is 0 Å². The van der Waals surface area contributed by atoms with E-state index in [9.17, 15) is 4.79 Å². The second-order valence-electron chi connectivity index (χ2n) is 6.38. The van der Waals surface area contributed by atoms with Gasteiger partial charge in [-0.1, -0.05) is 12.8 Å². The van der Waals surface area contributed by atoms with Crippen LogP contribution >= 0.6 is 11.8 Å². The maximum atomic E-state index is 11.9. The van der Waals surface area contributed by atoms with Crippen molar-refractivity contribution in [3.05, 3.63) is 0 Å². The molecule has 128 valence electrons. The Balaban J connectivity index is 2.30. The molecule has 0 saturated heterocycles. The largest absolute Gasteiger partial charge is 0.357 e. The molecule has 1 saturated carbocycles. The number of hydrogen-bond acceptors (Lipinski definition) is 3. The van der Waals surface area contributed by atoms with Crippen molar-refractivity contribution < 1.29 is 4.79 Å². The lowest BCUT2D eigenvalue weighted by Crippen LogP contribution is -2.41. The standard InChI is InChI=1S/C16H32N4OS/c1-5-17-15(19-12-16(2,3)22-4)18-11-10-14(21)20-13-8-6-7-9-13/h13H,5-12H2,1-4H3,(H,20,21)(H2,17,18,19). The molecule has 1 fully saturated rings. The molecule has 1 rings (SSSR count). The lowest BCUT2D eigenvalue weighted by Gasteiger charge is -2.20. The van der Waals surface area contributed by atoms with Crippen LogP contribution in [-0.2, 0) is 4.79 Å². The number of amides is 1. The minimum atomic E-state index is 0.127. The minimum absolute atomic E-state index is 0.127. The first-order valence-electron chi connectivity index (χ1n) is 8.33. The quantitative estimate of drug-likeness (QED) is 0.472. The summed E-state index contributed by atoms with van der Waals surface area (Å²) in [6, 6.07) is 0.400. The number of hydrogen-bond donors (Lipinski definition) is 3. The molecule has 6 heteroatoms. The first-order valence-corrected chi connectivity index (χ1v) is 9.56. The third-order valence-electron chi connectivity index (χ3n) is 3.88. The van der Waals surface area contributed by atoms with E-state index in [1.807, 2.05) is 6.92 Å². The zero-order valence-electron chi connectivity index (χ0n) is 14.5. The highest BCUT2D eigenvalue weighted by Crippen LogP contribution is 2.21. The average Bonchev–Trinajstić information content (AvgIpc) is 2.97. The second kappa shape index (κ2) is 9.98. The number of carbonyl (C=O) groups is 1. The summed E-state index contributed by atoms with van der Waals surface area (Å²) in [6.07, 6.45) is 7.34. The van der Waals surface area contributed by atoms with Crippen LogP contribution in [0.2, 0.25) is 0 Å². The maximum absolute atomic E-state index is 11.9. The highest BCUT2D eigenvalue weighted by molar-refractivity contribution is 7.99. The van der Waals surface area contributed by atoms with Crippen LogP contribution in [0.3, 0.4) is 0 Å². The van der Waals surface area contributed by atoms with Crippen LogP contribution in [0.5, 0.6) is 0 Å². The van der Waals surface area contributed by atoms with Crippen LogP contribution in [0.15, 0.2) is 4.99 Å². The first kappa shape index (κ1) is 19.1. The van der Waals surface area contributed by atoms with E-state index in [1.54, 1.807) is 11.8 Å². The summed E-state index contributed by atoms with van der Waals surface area (Å²) < 4.78 is 0.127. The van der Waals surface area contributed by atoms with Crippen molar-refractivity contribution in [3.63, 3.8) is 0 Å². The predicted molar refractivity (Wildman–Crippen MR) is 96.6 cm³/mol. The Hall–Kier alpha value is -0.910. The number of carbonyl (C=O) groups excluding carboxylic acids is 1. The molecule has 0 spiro atoms. The van der Waals surface area contributed by atoms with Crippen LogP contribution in [0, 0.1) is 0 Å². The van der Waals surface area contributed by atoms with Crippen molar-refractivity contribution in [3.8, 4) is 0 Å². The van der Waals surface area contributed by atoms with E-state index in [4.69, 9.17) is 0 Å². The Kier molecular flexibility index (Phi) is 8.68. The summed E-state index contributed by atoms with van der Waals surface area (Å²) in [5.41, 5.74) is 0. The Bertz CT molecular complexity index is 365. The van der Waals surface area contributed by atoms with Gasteiger partial charge in [-0.2, -0.15) is 11.8 Å². The van der Waals surface area contributed by atoms with E-state index in [-0.39, 0.29) is 10.7 Å². The van der Waals surface area contributed by atoms with Gasteiger partial charge in [0.2, 0.25) is 5.91 Å². The van der Waals surface area contributed by atoms with Crippen molar-refractivity contribution in [2.75, 3.05) is 25.9 Å².